The van der Waals surface area contributed by atoms with Crippen molar-refractivity contribution in [2.45, 2.75) is 47.0 Å². The predicted octanol–water partition coefficient (Wildman–Crippen LogP) is 2.52. The van der Waals surface area contributed by atoms with E-state index in [0.29, 0.717) is 28.3 Å². The molecule has 2 aliphatic heterocycles. The molecule has 0 spiro atoms. The number of hydrogen-bond donors (Lipinski definition) is 5. The van der Waals surface area contributed by atoms with Crippen molar-refractivity contribution in [3.05, 3.63) is 82.9 Å². The van der Waals surface area contributed by atoms with E-state index >= 15 is 0 Å². The first kappa shape index (κ1) is 24.9. The fourth-order valence-corrected chi connectivity index (χ4v) is 7.48. The van der Waals surface area contributed by atoms with Crippen molar-refractivity contribution in [3.63, 3.8) is 0 Å². The number of nitrogens with one attached hydrogen (secondary N) is 2. The molecule has 3 aliphatic rings. The van der Waals surface area contributed by atoms with Crippen LogP contribution in [0, 0.1) is 6.92 Å². The van der Waals surface area contributed by atoms with Crippen molar-refractivity contribution in [1.82, 2.24) is 10.6 Å². The van der Waals surface area contributed by atoms with Crippen LogP contribution in [-0.4, -0.2) is 42.1 Å². The van der Waals surface area contributed by atoms with E-state index in [1.807, 2.05) is 61.5 Å². The first-order valence-electron chi connectivity index (χ1n) is 12.8. The van der Waals surface area contributed by atoms with Crippen LogP contribution in [-0.2, 0) is 15.1 Å². The number of hydrogen-bond acceptors (Lipinski definition) is 8. The van der Waals surface area contributed by atoms with Crippen LogP contribution in [0.15, 0.2) is 65.6 Å². The topological polar surface area (TPSA) is 145 Å². The largest absolute Gasteiger partial charge is 0.457 e. The third kappa shape index (κ3) is 3.89. The third-order valence-corrected chi connectivity index (χ3v) is 9.35. The Morgan fingerprint density at radius 3 is 2.58 bits per heavy atom. The summed E-state index contributed by atoms with van der Waals surface area (Å²) >= 11 is 1.39. The third-order valence-electron chi connectivity index (χ3n) is 7.90. The number of carbonyl (C=O) groups excluding carboxylic acids is 2. The highest BCUT2D eigenvalue weighted by Crippen LogP contribution is 2.56. The Morgan fingerprint density at radius 1 is 1.11 bits per heavy atom. The van der Waals surface area contributed by atoms with Crippen molar-refractivity contribution in [2.75, 3.05) is 18.8 Å². The molecule has 38 heavy (non-hydrogen) atoms. The number of aryl methyl sites for hydroxylation is 1. The lowest BCUT2D eigenvalue weighted by molar-refractivity contribution is -0.126. The molecule has 196 valence electrons. The van der Waals surface area contributed by atoms with Crippen LogP contribution < -0.4 is 32.6 Å². The second-order valence-corrected chi connectivity index (χ2v) is 11.4. The van der Waals surface area contributed by atoms with E-state index in [9.17, 15) is 9.59 Å². The van der Waals surface area contributed by atoms with Crippen LogP contribution in [0.2, 0.25) is 0 Å². The number of nitrogen functional groups attached to an aromatic ring is 1. The minimum atomic E-state index is -1.48. The zero-order chi connectivity index (χ0) is 26.6. The number of para-hydroxylation sites is 1. The quantitative estimate of drug-likeness (QED) is 0.317. The summed E-state index contributed by atoms with van der Waals surface area (Å²) in [5, 5.41) is 5.84. The van der Waals surface area contributed by atoms with Crippen molar-refractivity contribution in [3.8, 4) is 11.5 Å². The number of Topliss-reactive ketones (excluding diaryl/α,β-unsaturated/α-hetero) is 1. The summed E-state index contributed by atoms with van der Waals surface area (Å²) in [6.07, 6.45) is 0.869. The lowest BCUT2D eigenvalue weighted by atomic mass is 9.64. The molecule has 1 saturated heterocycles. The number of ether oxygens (including phenoxy) is 1. The average Bonchev–Trinajstić information content (AvgIpc) is 3.56. The number of benzene rings is 3. The van der Waals surface area contributed by atoms with Gasteiger partial charge in [-0.25, -0.2) is 0 Å². The van der Waals surface area contributed by atoms with Gasteiger partial charge in [-0.1, -0.05) is 30.3 Å². The standard InChI is InChI=1S/C29H31N5O3S/c1-15-13-18(37-17-5-3-2-4-6-17)7-8-19(15)29(32)20-9-10-21(30)25-22(20)23(24(31)27(29)35)26(38-25)28(36)34-16-11-12-33-14-16/h2-10,13,16,23-24,26,33H,11-12,14,30-32H2,1H3,(H,34,36). The van der Waals surface area contributed by atoms with Crippen LogP contribution in [0.4, 0.5) is 5.69 Å². The van der Waals surface area contributed by atoms with Gasteiger partial charge in [0.05, 0.1) is 11.3 Å². The Hall–Kier alpha value is -3.37. The predicted molar refractivity (Wildman–Crippen MR) is 148 cm³/mol. The monoisotopic (exact) mass is 529 g/mol. The molecule has 0 radical (unpaired) electrons. The summed E-state index contributed by atoms with van der Waals surface area (Å²) in [6, 6.07) is 17.7. The SMILES string of the molecule is Cc1cc(Oc2ccccc2)ccc1C1(N)C(=O)C(N)C2c3c1ccc(N)c3SC2C(=O)NC1CCNC1. The second-order valence-electron chi connectivity index (χ2n) is 10.3. The van der Waals surface area contributed by atoms with Gasteiger partial charge in [-0.2, -0.15) is 0 Å². The number of thioether (sulfide) groups is 1. The van der Waals surface area contributed by atoms with Crippen LogP contribution in [0.25, 0.3) is 0 Å². The maximum Gasteiger partial charge on any atom is 0.234 e. The summed E-state index contributed by atoms with van der Waals surface area (Å²) in [4.78, 5) is 28.3. The highest BCUT2D eigenvalue weighted by atomic mass is 32.2. The Labute approximate surface area is 225 Å². The minimum Gasteiger partial charge on any atom is -0.457 e. The lowest BCUT2D eigenvalue weighted by Gasteiger charge is -2.42. The smallest absolute Gasteiger partial charge is 0.234 e. The molecule has 2 heterocycles. The molecule has 5 unspecified atom stereocenters. The Bertz CT molecular complexity index is 1430. The molecule has 1 aliphatic carbocycles. The summed E-state index contributed by atoms with van der Waals surface area (Å²) < 4.78 is 5.99. The first-order chi connectivity index (χ1) is 18.3. The molecule has 6 rings (SSSR count). The number of ketones is 1. The summed E-state index contributed by atoms with van der Waals surface area (Å²) in [6.45, 7) is 3.50. The van der Waals surface area contributed by atoms with E-state index in [0.717, 1.165) is 35.5 Å². The molecule has 1 amide bonds. The van der Waals surface area contributed by atoms with Gasteiger partial charge in [0.25, 0.3) is 0 Å². The molecule has 3 aromatic rings. The molecule has 8 nitrogen and oxygen atoms in total. The Morgan fingerprint density at radius 2 is 1.87 bits per heavy atom. The fraction of sp³-hybridized carbons (Fsp3) is 0.310. The van der Waals surface area contributed by atoms with Gasteiger partial charge in [0, 0.05) is 29.1 Å². The van der Waals surface area contributed by atoms with E-state index in [4.69, 9.17) is 21.9 Å². The number of nitrogens with two attached hydrogens (primary N) is 3. The van der Waals surface area contributed by atoms with Crippen molar-refractivity contribution in [1.29, 1.82) is 0 Å². The highest BCUT2D eigenvalue weighted by Gasteiger charge is 2.57. The van der Waals surface area contributed by atoms with Crippen molar-refractivity contribution >= 4 is 29.1 Å². The summed E-state index contributed by atoms with van der Waals surface area (Å²) in [5.74, 6) is 0.414. The van der Waals surface area contributed by atoms with Gasteiger partial charge in [-0.15, -0.1) is 11.8 Å². The van der Waals surface area contributed by atoms with Crippen LogP contribution in [0.1, 0.15) is 34.6 Å². The maximum atomic E-state index is 14.1. The number of anilines is 1. The first-order valence-corrected chi connectivity index (χ1v) is 13.7. The zero-order valence-corrected chi connectivity index (χ0v) is 21.9. The van der Waals surface area contributed by atoms with Gasteiger partial charge in [0.2, 0.25) is 5.91 Å². The fourth-order valence-electron chi connectivity index (χ4n) is 6.02. The van der Waals surface area contributed by atoms with Crippen molar-refractivity contribution < 1.29 is 14.3 Å². The summed E-state index contributed by atoms with van der Waals surface area (Å²) in [7, 11) is 0. The molecule has 1 fully saturated rings. The van der Waals surface area contributed by atoms with Crippen molar-refractivity contribution in [2.24, 2.45) is 11.5 Å². The molecule has 5 atom stereocenters. The Balaban J connectivity index is 1.39. The van der Waals surface area contributed by atoms with Crippen LogP contribution in [0.3, 0.4) is 0 Å². The summed E-state index contributed by atoms with van der Waals surface area (Å²) in [5.41, 5.74) is 22.1. The average molecular weight is 530 g/mol. The van der Waals surface area contributed by atoms with E-state index in [2.05, 4.69) is 10.6 Å². The molecule has 0 bridgehead atoms. The molecule has 3 aromatic carbocycles. The minimum absolute atomic E-state index is 0.0621. The van der Waals surface area contributed by atoms with E-state index in [1.165, 1.54) is 11.8 Å². The van der Waals surface area contributed by atoms with Gasteiger partial charge in [0.1, 0.15) is 17.0 Å². The van der Waals surface area contributed by atoms with E-state index in [1.54, 1.807) is 6.07 Å². The van der Waals surface area contributed by atoms with Crippen LogP contribution >= 0.6 is 11.8 Å². The molecule has 0 aromatic heterocycles. The van der Waals surface area contributed by atoms with Gasteiger partial charge in [-0.05, 0) is 72.5 Å². The van der Waals surface area contributed by atoms with E-state index in [-0.39, 0.29) is 17.7 Å². The molecule has 8 N–H and O–H groups in total. The molecular weight excluding hydrogens is 498 g/mol. The van der Waals surface area contributed by atoms with Gasteiger partial charge in [-0.3, -0.25) is 9.59 Å². The van der Waals surface area contributed by atoms with Crippen LogP contribution in [0.5, 0.6) is 11.5 Å². The van der Waals surface area contributed by atoms with Gasteiger partial charge < -0.3 is 32.6 Å². The molecular formula is C29H31N5O3S. The zero-order valence-electron chi connectivity index (χ0n) is 21.1. The molecule has 0 saturated carbocycles. The lowest BCUT2D eigenvalue weighted by Crippen LogP contribution is -2.60. The second kappa shape index (κ2) is 9.43. The van der Waals surface area contributed by atoms with E-state index < -0.39 is 22.7 Å². The number of amides is 1. The van der Waals surface area contributed by atoms with Gasteiger partial charge >= 0.3 is 0 Å². The normalized spacial score (nSPS) is 27.7. The maximum absolute atomic E-state index is 14.1. The van der Waals surface area contributed by atoms with Gasteiger partial charge in [0.15, 0.2) is 5.78 Å². The number of carbonyl (C=O) groups is 2. The molecule has 9 heteroatoms. The Kier molecular flexibility index (Phi) is 6.19. The highest BCUT2D eigenvalue weighted by molar-refractivity contribution is 8.01. The number of rotatable bonds is 5.